The third-order valence-corrected chi connectivity index (χ3v) is 3.51. The molecule has 92 valence electrons. The van der Waals surface area contributed by atoms with Gasteiger partial charge in [-0.1, -0.05) is 0 Å². The van der Waals surface area contributed by atoms with Crippen molar-refractivity contribution in [1.82, 2.24) is 10.2 Å². The van der Waals surface area contributed by atoms with E-state index in [4.69, 9.17) is 0 Å². The number of thiophene rings is 1. The van der Waals surface area contributed by atoms with Crippen LogP contribution in [-0.2, 0) is 6.54 Å². The molecule has 0 atom stereocenters. The molecule has 0 saturated carbocycles. The average Bonchev–Trinajstić information content (AvgIpc) is 2.68. The fourth-order valence-corrected chi connectivity index (χ4v) is 2.62. The minimum Gasteiger partial charge on any atom is -0.311 e. The zero-order chi connectivity index (χ0) is 12.0. The van der Waals surface area contributed by atoms with Crippen LogP contribution >= 0.6 is 11.3 Å². The molecular weight excluding hydrogens is 216 g/mol. The molecule has 1 aromatic rings. The van der Waals surface area contributed by atoms with Gasteiger partial charge in [-0.2, -0.15) is 11.3 Å². The molecule has 0 fully saturated rings. The molecule has 1 N–H and O–H groups in total. The van der Waals surface area contributed by atoms with Crippen LogP contribution < -0.4 is 5.32 Å². The SMILES string of the molecule is CC(C)N(CCNCc1ccsc1)C(C)C. The number of hydrogen-bond acceptors (Lipinski definition) is 3. The van der Waals surface area contributed by atoms with Crippen LogP contribution in [0.5, 0.6) is 0 Å². The fraction of sp³-hybridized carbons (Fsp3) is 0.692. The number of hydrogen-bond donors (Lipinski definition) is 1. The van der Waals surface area contributed by atoms with Crippen LogP contribution in [-0.4, -0.2) is 30.1 Å². The predicted octanol–water partition coefficient (Wildman–Crippen LogP) is 2.96. The fourth-order valence-electron chi connectivity index (χ4n) is 1.95. The Hall–Kier alpha value is -0.380. The molecule has 2 nitrogen and oxygen atoms in total. The third kappa shape index (κ3) is 4.64. The van der Waals surface area contributed by atoms with Gasteiger partial charge in [-0.25, -0.2) is 0 Å². The first kappa shape index (κ1) is 13.7. The Labute approximate surface area is 104 Å². The highest BCUT2D eigenvalue weighted by atomic mass is 32.1. The van der Waals surface area contributed by atoms with Crippen LogP contribution in [0.3, 0.4) is 0 Å². The molecule has 1 rings (SSSR count). The van der Waals surface area contributed by atoms with E-state index >= 15 is 0 Å². The Morgan fingerprint density at radius 2 is 1.94 bits per heavy atom. The lowest BCUT2D eigenvalue weighted by atomic mass is 10.2. The summed E-state index contributed by atoms with van der Waals surface area (Å²) >= 11 is 1.76. The second-order valence-corrected chi connectivity index (χ2v) is 5.51. The Bertz CT molecular complexity index is 259. The Morgan fingerprint density at radius 3 is 2.44 bits per heavy atom. The summed E-state index contributed by atoms with van der Waals surface area (Å²) in [4.78, 5) is 2.51. The van der Waals surface area contributed by atoms with Gasteiger partial charge in [0.25, 0.3) is 0 Å². The van der Waals surface area contributed by atoms with Gasteiger partial charge in [-0.3, -0.25) is 4.90 Å². The van der Waals surface area contributed by atoms with E-state index in [2.05, 4.69) is 54.7 Å². The summed E-state index contributed by atoms with van der Waals surface area (Å²) in [6.07, 6.45) is 0. The van der Waals surface area contributed by atoms with Crippen molar-refractivity contribution in [2.24, 2.45) is 0 Å². The summed E-state index contributed by atoms with van der Waals surface area (Å²) in [7, 11) is 0. The van der Waals surface area contributed by atoms with Gasteiger partial charge >= 0.3 is 0 Å². The van der Waals surface area contributed by atoms with Crippen molar-refractivity contribution < 1.29 is 0 Å². The number of nitrogens with zero attached hydrogens (tertiary/aromatic N) is 1. The maximum absolute atomic E-state index is 3.49. The zero-order valence-electron chi connectivity index (χ0n) is 10.9. The van der Waals surface area contributed by atoms with Gasteiger partial charge in [0.2, 0.25) is 0 Å². The van der Waals surface area contributed by atoms with Gasteiger partial charge in [0.05, 0.1) is 0 Å². The molecule has 0 aromatic carbocycles. The molecule has 0 amide bonds. The quantitative estimate of drug-likeness (QED) is 0.737. The molecule has 0 spiro atoms. The smallest absolute Gasteiger partial charge is 0.0214 e. The van der Waals surface area contributed by atoms with E-state index in [1.165, 1.54) is 5.56 Å². The van der Waals surface area contributed by atoms with Crippen LogP contribution in [0.15, 0.2) is 16.8 Å². The number of rotatable bonds is 7. The monoisotopic (exact) mass is 240 g/mol. The van der Waals surface area contributed by atoms with E-state index in [0.29, 0.717) is 12.1 Å². The van der Waals surface area contributed by atoms with Gasteiger partial charge in [0.15, 0.2) is 0 Å². The lowest BCUT2D eigenvalue weighted by molar-refractivity contribution is 0.176. The normalized spacial score (nSPS) is 11.9. The molecule has 0 aliphatic rings. The van der Waals surface area contributed by atoms with Gasteiger partial charge in [0.1, 0.15) is 0 Å². The maximum Gasteiger partial charge on any atom is 0.0214 e. The molecule has 0 radical (unpaired) electrons. The van der Waals surface area contributed by atoms with Gasteiger partial charge in [-0.15, -0.1) is 0 Å². The summed E-state index contributed by atoms with van der Waals surface area (Å²) in [6.45, 7) is 12.2. The van der Waals surface area contributed by atoms with E-state index in [-0.39, 0.29) is 0 Å². The molecule has 3 heteroatoms. The standard InChI is InChI=1S/C13H24N2S/c1-11(2)15(12(3)4)7-6-14-9-13-5-8-16-10-13/h5,8,10-12,14H,6-7,9H2,1-4H3. The van der Waals surface area contributed by atoms with Crippen molar-refractivity contribution in [1.29, 1.82) is 0 Å². The van der Waals surface area contributed by atoms with Crippen molar-refractivity contribution in [3.8, 4) is 0 Å². The van der Waals surface area contributed by atoms with Crippen molar-refractivity contribution >= 4 is 11.3 Å². The third-order valence-electron chi connectivity index (χ3n) is 2.78. The van der Waals surface area contributed by atoms with Crippen molar-refractivity contribution in [3.63, 3.8) is 0 Å². The second kappa shape index (κ2) is 7.05. The van der Waals surface area contributed by atoms with Crippen LogP contribution in [0, 0.1) is 0 Å². The minimum absolute atomic E-state index is 0.628. The first-order valence-electron chi connectivity index (χ1n) is 6.08. The largest absolute Gasteiger partial charge is 0.311 e. The van der Waals surface area contributed by atoms with E-state index < -0.39 is 0 Å². The molecule has 0 aliphatic heterocycles. The molecule has 0 aliphatic carbocycles. The highest BCUT2D eigenvalue weighted by molar-refractivity contribution is 7.07. The van der Waals surface area contributed by atoms with Crippen LogP contribution in [0.4, 0.5) is 0 Å². The molecule has 0 bridgehead atoms. The van der Waals surface area contributed by atoms with E-state index in [9.17, 15) is 0 Å². The van der Waals surface area contributed by atoms with Crippen LogP contribution in [0.1, 0.15) is 33.3 Å². The topological polar surface area (TPSA) is 15.3 Å². The second-order valence-electron chi connectivity index (χ2n) is 4.73. The highest BCUT2D eigenvalue weighted by Gasteiger charge is 2.11. The number of nitrogens with one attached hydrogen (secondary N) is 1. The summed E-state index contributed by atoms with van der Waals surface area (Å²) in [5.74, 6) is 0. The Morgan fingerprint density at radius 1 is 1.25 bits per heavy atom. The van der Waals surface area contributed by atoms with Crippen molar-refractivity contribution in [2.45, 2.75) is 46.3 Å². The van der Waals surface area contributed by atoms with E-state index in [1.54, 1.807) is 11.3 Å². The molecular formula is C13H24N2S. The first-order valence-corrected chi connectivity index (χ1v) is 7.03. The molecule has 0 saturated heterocycles. The van der Waals surface area contributed by atoms with Crippen molar-refractivity contribution in [2.75, 3.05) is 13.1 Å². The Kier molecular flexibility index (Phi) is 6.03. The maximum atomic E-state index is 3.49. The van der Waals surface area contributed by atoms with Gasteiger partial charge in [0, 0.05) is 31.7 Å². The highest BCUT2D eigenvalue weighted by Crippen LogP contribution is 2.06. The molecule has 16 heavy (non-hydrogen) atoms. The van der Waals surface area contributed by atoms with Crippen LogP contribution in [0.2, 0.25) is 0 Å². The van der Waals surface area contributed by atoms with Gasteiger partial charge < -0.3 is 5.32 Å². The average molecular weight is 240 g/mol. The van der Waals surface area contributed by atoms with Crippen molar-refractivity contribution in [3.05, 3.63) is 22.4 Å². The van der Waals surface area contributed by atoms with Crippen LogP contribution in [0.25, 0.3) is 0 Å². The summed E-state index contributed by atoms with van der Waals surface area (Å²) in [6, 6.07) is 3.44. The molecule has 0 unspecified atom stereocenters. The predicted molar refractivity (Wildman–Crippen MR) is 73.0 cm³/mol. The molecule has 1 heterocycles. The zero-order valence-corrected chi connectivity index (χ0v) is 11.7. The summed E-state index contributed by atoms with van der Waals surface area (Å²) in [5, 5.41) is 7.83. The first-order chi connectivity index (χ1) is 7.61. The minimum atomic E-state index is 0.628. The lowest BCUT2D eigenvalue weighted by Crippen LogP contribution is -2.41. The summed E-state index contributed by atoms with van der Waals surface area (Å²) < 4.78 is 0. The lowest BCUT2D eigenvalue weighted by Gasteiger charge is -2.30. The Balaban J connectivity index is 2.18. The van der Waals surface area contributed by atoms with E-state index in [0.717, 1.165) is 19.6 Å². The summed E-state index contributed by atoms with van der Waals surface area (Å²) in [5.41, 5.74) is 1.39. The molecule has 1 aromatic heterocycles. The van der Waals surface area contributed by atoms with Gasteiger partial charge in [-0.05, 0) is 50.1 Å². The van der Waals surface area contributed by atoms with E-state index in [1.807, 2.05) is 0 Å².